The number of rotatable bonds is 5. The molecule has 1 aromatic carbocycles. The third kappa shape index (κ3) is 3.90. The van der Waals surface area contributed by atoms with E-state index in [9.17, 15) is 14.4 Å². The van der Waals surface area contributed by atoms with Crippen LogP contribution in [0.5, 0.6) is 0 Å². The van der Waals surface area contributed by atoms with Crippen molar-refractivity contribution in [1.29, 1.82) is 5.41 Å². The highest BCUT2D eigenvalue weighted by atomic mass is 35.5. The van der Waals surface area contributed by atoms with Crippen LogP contribution < -0.4 is 5.32 Å². The van der Waals surface area contributed by atoms with Crippen molar-refractivity contribution in [2.45, 2.75) is 19.4 Å². The highest BCUT2D eigenvalue weighted by Gasteiger charge is 2.49. The summed E-state index contributed by atoms with van der Waals surface area (Å²) in [6.07, 6.45) is 0. The summed E-state index contributed by atoms with van der Waals surface area (Å²) >= 11 is 0. The zero-order valence-corrected chi connectivity index (χ0v) is 14.9. The van der Waals surface area contributed by atoms with Crippen LogP contribution in [-0.4, -0.2) is 49.0 Å². The Morgan fingerprint density at radius 3 is 2.40 bits per heavy atom. The molecule has 1 aliphatic rings. The van der Waals surface area contributed by atoms with Crippen molar-refractivity contribution in [3.63, 3.8) is 0 Å². The second-order valence-corrected chi connectivity index (χ2v) is 5.36. The first-order valence-electron chi connectivity index (χ1n) is 7.36. The van der Waals surface area contributed by atoms with Crippen molar-refractivity contribution in [2.75, 3.05) is 20.3 Å². The Morgan fingerprint density at radius 1 is 1.28 bits per heavy atom. The minimum absolute atomic E-state index is 0. The summed E-state index contributed by atoms with van der Waals surface area (Å²) in [6, 6.07) is 5.91. The number of urea groups is 1. The van der Waals surface area contributed by atoms with Gasteiger partial charge in [0.15, 0.2) is 0 Å². The summed E-state index contributed by atoms with van der Waals surface area (Å²) in [4.78, 5) is 36.8. The lowest BCUT2D eigenvalue weighted by molar-refractivity contribution is -0.145. The van der Waals surface area contributed by atoms with Gasteiger partial charge in [-0.05, 0) is 31.5 Å². The van der Waals surface area contributed by atoms with E-state index in [1.54, 1.807) is 38.1 Å². The van der Waals surface area contributed by atoms with Gasteiger partial charge in [-0.1, -0.05) is 12.1 Å². The molecule has 1 unspecified atom stereocenters. The summed E-state index contributed by atoms with van der Waals surface area (Å²) in [6.45, 7) is 3.29. The van der Waals surface area contributed by atoms with Gasteiger partial charge in [0.2, 0.25) is 5.90 Å². The number of nitrogens with zero attached hydrogens (tertiary/aromatic N) is 1. The molecule has 0 spiro atoms. The molecule has 0 radical (unpaired) electrons. The third-order valence-electron chi connectivity index (χ3n) is 3.80. The van der Waals surface area contributed by atoms with E-state index in [0.29, 0.717) is 17.7 Å². The largest absolute Gasteiger partial charge is 0.478 e. The predicted molar refractivity (Wildman–Crippen MR) is 91.8 cm³/mol. The van der Waals surface area contributed by atoms with Crippen molar-refractivity contribution in [2.24, 2.45) is 0 Å². The van der Waals surface area contributed by atoms with Gasteiger partial charge in [0.05, 0.1) is 13.7 Å². The number of esters is 1. The first-order chi connectivity index (χ1) is 11.3. The molecule has 2 rings (SSSR count). The standard InChI is InChI=1S/C16H19N3O5.ClH/c1-4-24-13(17)10-5-7-11(8-6-10)16(2)14(21)19(15(22)18-16)9-12(20)23-3;/h5-8,17H,4,9H2,1-3H3,(H,18,22);1H. The van der Waals surface area contributed by atoms with Crippen LogP contribution in [0.15, 0.2) is 24.3 Å². The first kappa shape index (κ1) is 20.4. The third-order valence-corrected chi connectivity index (χ3v) is 3.80. The van der Waals surface area contributed by atoms with Gasteiger partial charge in [-0.25, -0.2) is 4.79 Å². The fraction of sp³-hybridized carbons (Fsp3) is 0.375. The number of imide groups is 1. The number of carbonyl (C=O) groups is 3. The maximum atomic E-state index is 12.6. The van der Waals surface area contributed by atoms with Gasteiger partial charge in [-0.3, -0.25) is 19.9 Å². The smallest absolute Gasteiger partial charge is 0.325 e. The van der Waals surface area contributed by atoms with E-state index in [1.165, 1.54) is 7.11 Å². The summed E-state index contributed by atoms with van der Waals surface area (Å²) in [5.41, 5.74) is -0.175. The lowest BCUT2D eigenvalue weighted by atomic mass is 9.91. The lowest BCUT2D eigenvalue weighted by Crippen LogP contribution is -2.41. The van der Waals surface area contributed by atoms with E-state index < -0.39 is 30.0 Å². The molecule has 2 N–H and O–H groups in total. The molecule has 1 atom stereocenters. The summed E-state index contributed by atoms with van der Waals surface area (Å²) in [5, 5.41) is 10.3. The summed E-state index contributed by atoms with van der Waals surface area (Å²) < 4.78 is 9.61. The van der Waals surface area contributed by atoms with Crippen LogP contribution in [0.3, 0.4) is 0 Å². The molecule has 0 aromatic heterocycles. The van der Waals surface area contributed by atoms with Gasteiger partial charge in [-0.2, -0.15) is 0 Å². The maximum absolute atomic E-state index is 12.6. The normalized spacial score (nSPS) is 19.1. The average Bonchev–Trinajstić information content (AvgIpc) is 2.79. The van der Waals surface area contributed by atoms with E-state index in [1.807, 2.05) is 0 Å². The molecule has 1 fully saturated rings. The number of amides is 3. The zero-order chi connectivity index (χ0) is 17.9. The first-order valence-corrected chi connectivity index (χ1v) is 7.36. The number of carbonyl (C=O) groups excluding carboxylic acids is 3. The summed E-state index contributed by atoms with van der Waals surface area (Å²) in [5.74, 6) is -1.18. The number of hydrogen-bond acceptors (Lipinski definition) is 6. The number of hydrogen-bond donors (Lipinski definition) is 2. The highest BCUT2D eigenvalue weighted by Crippen LogP contribution is 2.29. The maximum Gasteiger partial charge on any atom is 0.325 e. The minimum Gasteiger partial charge on any atom is -0.478 e. The highest BCUT2D eigenvalue weighted by molar-refractivity contribution is 6.08. The Kier molecular flexibility index (Phi) is 6.52. The van der Waals surface area contributed by atoms with Crippen LogP contribution in [0, 0.1) is 5.41 Å². The molecular weight excluding hydrogens is 350 g/mol. The Morgan fingerprint density at radius 2 is 1.88 bits per heavy atom. The minimum atomic E-state index is -1.28. The number of ether oxygens (including phenoxy) is 2. The van der Waals surface area contributed by atoms with Crippen molar-refractivity contribution in [1.82, 2.24) is 10.2 Å². The Bertz CT molecular complexity index is 692. The van der Waals surface area contributed by atoms with Crippen LogP contribution in [0.2, 0.25) is 0 Å². The fourth-order valence-electron chi connectivity index (χ4n) is 2.41. The van der Waals surface area contributed by atoms with Crippen molar-refractivity contribution >= 4 is 36.2 Å². The fourth-order valence-corrected chi connectivity index (χ4v) is 2.41. The molecule has 1 saturated heterocycles. The van der Waals surface area contributed by atoms with Crippen LogP contribution >= 0.6 is 12.4 Å². The van der Waals surface area contributed by atoms with Gasteiger partial charge in [0, 0.05) is 5.56 Å². The lowest BCUT2D eigenvalue weighted by Gasteiger charge is -2.22. The molecule has 9 heteroatoms. The van der Waals surface area contributed by atoms with E-state index in [2.05, 4.69) is 10.1 Å². The molecule has 0 bridgehead atoms. The van der Waals surface area contributed by atoms with Gasteiger partial charge in [0.1, 0.15) is 12.1 Å². The quantitative estimate of drug-likeness (QED) is 0.353. The molecule has 1 heterocycles. The molecule has 1 aliphatic heterocycles. The predicted octanol–water partition coefficient (Wildman–Crippen LogP) is 1.41. The number of methoxy groups -OCH3 is 1. The van der Waals surface area contributed by atoms with E-state index in [4.69, 9.17) is 10.1 Å². The molecule has 0 aliphatic carbocycles. The van der Waals surface area contributed by atoms with Gasteiger partial charge < -0.3 is 14.8 Å². The van der Waals surface area contributed by atoms with E-state index >= 15 is 0 Å². The molecule has 8 nitrogen and oxygen atoms in total. The second-order valence-electron chi connectivity index (χ2n) is 5.36. The van der Waals surface area contributed by atoms with E-state index in [-0.39, 0.29) is 18.3 Å². The number of benzene rings is 1. The molecular formula is C16H20ClN3O5. The SMILES string of the molecule is CCOC(=N)c1ccc(C2(C)NC(=O)N(CC(=O)OC)C2=O)cc1.Cl. The topological polar surface area (TPSA) is 109 Å². The van der Waals surface area contributed by atoms with Crippen LogP contribution in [0.1, 0.15) is 25.0 Å². The van der Waals surface area contributed by atoms with Crippen LogP contribution in [0.4, 0.5) is 4.79 Å². The van der Waals surface area contributed by atoms with Crippen molar-refractivity contribution in [3.05, 3.63) is 35.4 Å². The van der Waals surface area contributed by atoms with Crippen molar-refractivity contribution in [3.8, 4) is 0 Å². The van der Waals surface area contributed by atoms with Gasteiger partial charge >= 0.3 is 12.0 Å². The number of halogens is 1. The van der Waals surface area contributed by atoms with Crippen molar-refractivity contribution < 1.29 is 23.9 Å². The summed E-state index contributed by atoms with van der Waals surface area (Å²) in [7, 11) is 1.19. The van der Waals surface area contributed by atoms with Gasteiger partial charge in [-0.15, -0.1) is 12.4 Å². The van der Waals surface area contributed by atoms with Gasteiger partial charge in [0.25, 0.3) is 5.91 Å². The Labute approximate surface area is 151 Å². The molecule has 0 saturated carbocycles. The molecule has 25 heavy (non-hydrogen) atoms. The Hall–Kier alpha value is -2.61. The molecule has 1 aromatic rings. The molecule has 3 amide bonds. The monoisotopic (exact) mass is 369 g/mol. The second kappa shape index (κ2) is 7.98. The van der Waals surface area contributed by atoms with Crippen LogP contribution in [-0.2, 0) is 24.6 Å². The van der Waals surface area contributed by atoms with E-state index in [0.717, 1.165) is 4.90 Å². The zero-order valence-electron chi connectivity index (χ0n) is 14.1. The molecule has 136 valence electrons. The average molecular weight is 370 g/mol. The number of nitrogens with one attached hydrogen (secondary N) is 2. The Balaban J connectivity index is 0.00000312. The van der Waals surface area contributed by atoms with Crippen LogP contribution in [0.25, 0.3) is 0 Å².